The molecular weight excluding hydrogens is 342 g/mol. The van der Waals surface area contributed by atoms with Gasteiger partial charge in [0.15, 0.2) is 5.76 Å². The summed E-state index contributed by atoms with van der Waals surface area (Å²) in [6, 6.07) is 13.5. The van der Waals surface area contributed by atoms with E-state index in [9.17, 15) is 9.59 Å². The highest BCUT2D eigenvalue weighted by Gasteiger charge is 2.37. The van der Waals surface area contributed by atoms with Gasteiger partial charge in [0.1, 0.15) is 6.04 Å². The maximum atomic E-state index is 12.8. The van der Waals surface area contributed by atoms with E-state index >= 15 is 0 Å². The van der Waals surface area contributed by atoms with Crippen LogP contribution in [0.25, 0.3) is 0 Å². The molecule has 0 bridgehead atoms. The highest BCUT2D eigenvalue weighted by Crippen LogP contribution is 2.21. The van der Waals surface area contributed by atoms with Gasteiger partial charge in [-0.2, -0.15) is 0 Å². The van der Waals surface area contributed by atoms with E-state index < -0.39 is 6.04 Å². The zero-order valence-electron chi connectivity index (χ0n) is 15.3. The van der Waals surface area contributed by atoms with E-state index in [1.54, 1.807) is 17.0 Å². The number of rotatable bonds is 5. The second kappa shape index (κ2) is 7.96. The third kappa shape index (κ3) is 4.06. The highest BCUT2D eigenvalue weighted by atomic mass is 16.3. The molecule has 0 spiro atoms. The van der Waals surface area contributed by atoms with Gasteiger partial charge in [0.05, 0.1) is 6.26 Å². The van der Waals surface area contributed by atoms with Gasteiger partial charge in [-0.25, -0.2) is 0 Å². The molecule has 4 rings (SSSR count). The van der Waals surface area contributed by atoms with Crippen molar-refractivity contribution in [3.05, 3.63) is 60.1 Å². The van der Waals surface area contributed by atoms with Crippen LogP contribution in [0.2, 0.25) is 0 Å². The smallest absolute Gasteiger partial charge is 0.290 e. The summed E-state index contributed by atoms with van der Waals surface area (Å²) in [6.45, 7) is 3.32. The molecule has 0 radical (unpaired) electrons. The number of nitrogens with zero attached hydrogens (tertiary/aromatic N) is 2. The fraction of sp³-hybridized carbons (Fsp3) is 0.429. The zero-order valence-corrected chi connectivity index (χ0v) is 15.3. The van der Waals surface area contributed by atoms with Crippen LogP contribution in [0.3, 0.4) is 0 Å². The SMILES string of the molecule is O=C(N[C@H]1CCN(Cc2ccccc2)C1)[C@@H]1CCCN1C(=O)c1ccco1. The maximum absolute atomic E-state index is 12.8. The molecule has 6 heteroatoms. The standard InChI is InChI=1S/C21H25N3O3/c25-20(18-8-4-11-24(18)21(26)19-9-5-13-27-19)22-17-10-12-23(15-17)14-16-6-2-1-3-7-16/h1-3,5-7,9,13,17-18H,4,8,10-12,14-15H2,(H,22,25)/t17-,18-/m0/s1. The first-order valence-corrected chi connectivity index (χ1v) is 9.62. The van der Waals surface area contributed by atoms with E-state index in [1.807, 2.05) is 6.07 Å². The number of benzene rings is 1. The van der Waals surface area contributed by atoms with E-state index in [4.69, 9.17) is 4.42 Å². The Kier molecular flexibility index (Phi) is 5.25. The van der Waals surface area contributed by atoms with E-state index in [0.717, 1.165) is 32.5 Å². The van der Waals surface area contributed by atoms with Gasteiger partial charge in [0, 0.05) is 32.2 Å². The lowest BCUT2D eigenvalue weighted by Gasteiger charge is -2.25. The molecule has 2 fully saturated rings. The van der Waals surface area contributed by atoms with Crippen molar-refractivity contribution in [2.24, 2.45) is 0 Å². The third-order valence-electron chi connectivity index (χ3n) is 5.42. The summed E-state index contributed by atoms with van der Waals surface area (Å²) in [5.41, 5.74) is 1.29. The number of hydrogen-bond donors (Lipinski definition) is 1. The first-order valence-electron chi connectivity index (χ1n) is 9.62. The van der Waals surface area contributed by atoms with Crippen molar-refractivity contribution < 1.29 is 14.0 Å². The number of likely N-dealkylation sites (tertiary alicyclic amines) is 2. The van der Waals surface area contributed by atoms with Crippen molar-refractivity contribution in [3.8, 4) is 0 Å². The molecule has 1 N–H and O–H groups in total. The van der Waals surface area contributed by atoms with Crippen LogP contribution in [0.1, 0.15) is 35.4 Å². The molecular formula is C21H25N3O3. The van der Waals surface area contributed by atoms with E-state index in [0.29, 0.717) is 18.7 Å². The van der Waals surface area contributed by atoms with Crippen LogP contribution < -0.4 is 5.32 Å². The Labute approximate surface area is 159 Å². The molecule has 6 nitrogen and oxygen atoms in total. The van der Waals surface area contributed by atoms with Gasteiger partial charge in [-0.1, -0.05) is 30.3 Å². The van der Waals surface area contributed by atoms with Gasteiger partial charge in [0.25, 0.3) is 5.91 Å². The second-order valence-electron chi connectivity index (χ2n) is 7.35. The summed E-state index contributed by atoms with van der Waals surface area (Å²) in [6.07, 6.45) is 3.98. The summed E-state index contributed by atoms with van der Waals surface area (Å²) < 4.78 is 5.21. The molecule has 142 valence electrons. The van der Waals surface area contributed by atoms with E-state index in [2.05, 4.69) is 34.5 Å². The fourth-order valence-electron chi connectivity index (χ4n) is 4.06. The summed E-state index contributed by atoms with van der Waals surface area (Å²) in [4.78, 5) is 29.4. The van der Waals surface area contributed by atoms with Crippen molar-refractivity contribution in [3.63, 3.8) is 0 Å². The molecule has 2 atom stereocenters. The van der Waals surface area contributed by atoms with Gasteiger partial charge in [-0.3, -0.25) is 14.5 Å². The maximum Gasteiger partial charge on any atom is 0.290 e. The predicted octanol–water partition coefficient (Wildman–Crippen LogP) is 2.27. The Morgan fingerprint density at radius 1 is 1.07 bits per heavy atom. The average Bonchev–Trinajstić information content (AvgIpc) is 3.44. The highest BCUT2D eigenvalue weighted by molar-refractivity contribution is 5.96. The minimum Gasteiger partial charge on any atom is -0.459 e. The van der Waals surface area contributed by atoms with Gasteiger partial charge < -0.3 is 14.6 Å². The molecule has 1 aromatic carbocycles. The minimum atomic E-state index is -0.397. The van der Waals surface area contributed by atoms with Crippen molar-refractivity contribution in [1.29, 1.82) is 0 Å². The number of carbonyl (C=O) groups is 2. The molecule has 3 heterocycles. The number of nitrogens with one attached hydrogen (secondary N) is 1. The number of carbonyl (C=O) groups excluding carboxylic acids is 2. The van der Waals surface area contributed by atoms with Crippen molar-refractivity contribution in [1.82, 2.24) is 15.1 Å². The van der Waals surface area contributed by atoms with E-state index in [-0.39, 0.29) is 17.9 Å². The lowest BCUT2D eigenvalue weighted by Crippen LogP contribution is -2.49. The molecule has 27 heavy (non-hydrogen) atoms. The zero-order chi connectivity index (χ0) is 18.6. The molecule has 2 saturated heterocycles. The second-order valence-corrected chi connectivity index (χ2v) is 7.35. The third-order valence-corrected chi connectivity index (χ3v) is 5.42. The van der Waals surface area contributed by atoms with Crippen LogP contribution in [0.5, 0.6) is 0 Å². The van der Waals surface area contributed by atoms with Crippen molar-refractivity contribution in [2.75, 3.05) is 19.6 Å². The molecule has 0 unspecified atom stereocenters. The van der Waals surface area contributed by atoms with Gasteiger partial charge >= 0.3 is 0 Å². The largest absolute Gasteiger partial charge is 0.459 e. The molecule has 2 aromatic rings. The normalized spacial score (nSPS) is 22.9. The van der Waals surface area contributed by atoms with Crippen molar-refractivity contribution in [2.45, 2.75) is 37.9 Å². The quantitative estimate of drug-likeness (QED) is 0.880. The number of furan rings is 1. The van der Waals surface area contributed by atoms with Crippen molar-refractivity contribution >= 4 is 11.8 Å². The Bertz CT molecular complexity index is 775. The average molecular weight is 367 g/mol. The van der Waals surface area contributed by atoms with Crippen LogP contribution in [0, 0.1) is 0 Å². The first-order chi connectivity index (χ1) is 13.2. The van der Waals surface area contributed by atoms with Crippen LogP contribution in [0.15, 0.2) is 53.1 Å². The van der Waals surface area contributed by atoms with Crippen LogP contribution in [0.4, 0.5) is 0 Å². The molecule has 0 aliphatic carbocycles. The number of hydrogen-bond acceptors (Lipinski definition) is 4. The van der Waals surface area contributed by atoms with Crippen LogP contribution in [-0.4, -0.2) is 53.3 Å². The molecule has 2 amide bonds. The van der Waals surface area contributed by atoms with Gasteiger partial charge in [-0.15, -0.1) is 0 Å². The summed E-state index contributed by atoms with van der Waals surface area (Å²) in [7, 11) is 0. The van der Waals surface area contributed by atoms with Gasteiger partial charge in [0.2, 0.25) is 5.91 Å². The molecule has 1 aromatic heterocycles. The Hall–Kier alpha value is -2.60. The Balaban J connectivity index is 1.32. The van der Waals surface area contributed by atoms with Crippen LogP contribution >= 0.6 is 0 Å². The lowest BCUT2D eigenvalue weighted by atomic mass is 10.1. The fourth-order valence-corrected chi connectivity index (χ4v) is 4.06. The molecule has 0 saturated carbocycles. The molecule has 2 aliphatic heterocycles. The Morgan fingerprint density at radius 2 is 1.93 bits per heavy atom. The van der Waals surface area contributed by atoms with E-state index in [1.165, 1.54) is 11.8 Å². The summed E-state index contributed by atoms with van der Waals surface area (Å²) in [5.74, 6) is 0.0540. The predicted molar refractivity (Wildman–Crippen MR) is 101 cm³/mol. The lowest BCUT2D eigenvalue weighted by molar-refractivity contribution is -0.125. The summed E-state index contributed by atoms with van der Waals surface area (Å²) >= 11 is 0. The van der Waals surface area contributed by atoms with Gasteiger partial charge in [-0.05, 0) is 37.0 Å². The van der Waals surface area contributed by atoms with Crippen LogP contribution in [-0.2, 0) is 11.3 Å². The summed E-state index contributed by atoms with van der Waals surface area (Å²) in [5, 5.41) is 3.16. The minimum absolute atomic E-state index is 0.0426. The topological polar surface area (TPSA) is 65.8 Å². The monoisotopic (exact) mass is 367 g/mol. The molecule has 2 aliphatic rings. The first kappa shape index (κ1) is 17.8. The number of amides is 2. The Morgan fingerprint density at radius 3 is 2.70 bits per heavy atom.